The molecule has 0 saturated carbocycles. The van der Waals surface area contributed by atoms with Crippen LogP contribution < -0.4 is 5.32 Å². The minimum atomic E-state index is 0.521. The van der Waals surface area contributed by atoms with Gasteiger partial charge in [0, 0.05) is 24.7 Å². The fraction of sp³-hybridized carbons (Fsp3) is 0.182. The molecule has 92 valence electrons. The Kier molecular flexibility index (Phi) is 2.75. The molecule has 0 atom stereocenters. The number of hydrogen-bond donors (Lipinski definition) is 1. The van der Waals surface area contributed by atoms with Gasteiger partial charge in [0.15, 0.2) is 17.2 Å². The number of aromatic nitrogens is 4. The average Bonchev–Trinajstić information content (AvgIpc) is 2.94. The molecule has 0 aliphatic carbocycles. The smallest absolute Gasteiger partial charge is 0.180 e. The van der Waals surface area contributed by atoms with Crippen LogP contribution in [-0.4, -0.2) is 19.5 Å². The molecule has 3 aromatic rings. The van der Waals surface area contributed by atoms with E-state index in [1.807, 2.05) is 29.8 Å². The summed E-state index contributed by atoms with van der Waals surface area (Å²) >= 11 is 3.36. The molecular weight excluding hydrogens is 298 g/mol. The van der Waals surface area contributed by atoms with Crippen LogP contribution in [0.5, 0.6) is 0 Å². The zero-order valence-corrected chi connectivity index (χ0v) is 11.2. The van der Waals surface area contributed by atoms with Gasteiger partial charge in [0.05, 0.1) is 12.2 Å². The zero-order chi connectivity index (χ0) is 12.5. The van der Waals surface area contributed by atoms with Crippen molar-refractivity contribution in [1.82, 2.24) is 19.5 Å². The third-order valence-corrected chi connectivity index (χ3v) is 2.83. The van der Waals surface area contributed by atoms with E-state index in [1.165, 1.54) is 0 Å². The highest BCUT2D eigenvalue weighted by Crippen LogP contribution is 2.17. The molecule has 0 fully saturated rings. The first-order valence-corrected chi connectivity index (χ1v) is 6.17. The minimum Gasteiger partial charge on any atom is -0.360 e. The predicted octanol–water partition coefficient (Wildman–Crippen LogP) is 2.40. The van der Waals surface area contributed by atoms with Crippen LogP contribution in [0.15, 0.2) is 33.8 Å². The first-order chi connectivity index (χ1) is 8.72. The van der Waals surface area contributed by atoms with Gasteiger partial charge < -0.3 is 14.2 Å². The quantitative estimate of drug-likeness (QED) is 0.804. The van der Waals surface area contributed by atoms with E-state index in [-0.39, 0.29) is 0 Å². The SMILES string of the molecule is Cc1cc(CNc2nc(Br)cn3ccnc23)on1. The zero-order valence-electron chi connectivity index (χ0n) is 9.59. The number of anilines is 1. The van der Waals surface area contributed by atoms with Crippen LogP contribution >= 0.6 is 15.9 Å². The number of imidazole rings is 1. The Labute approximate surface area is 111 Å². The summed E-state index contributed by atoms with van der Waals surface area (Å²) in [4.78, 5) is 8.60. The Hall–Kier alpha value is -1.89. The molecule has 0 aliphatic heterocycles. The van der Waals surface area contributed by atoms with Crippen LogP contribution in [0.4, 0.5) is 5.82 Å². The van der Waals surface area contributed by atoms with E-state index < -0.39 is 0 Å². The Morgan fingerprint density at radius 1 is 1.50 bits per heavy atom. The molecule has 0 amide bonds. The second-order valence-corrected chi connectivity index (χ2v) is 4.67. The van der Waals surface area contributed by atoms with Gasteiger partial charge in [-0.15, -0.1) is 0 Å². The van der Waals surface area contributed by atoms with Crippen molar-refractivity contribution >= 4 is 27.4 Å². The summed E-state index contributed by atoms with van der Waals surface area (Å²) in [5, 5.41) is 7.02. The number of aryl methyl sites for hydroxylation is 1. The maximum Gasteiger partial charge on any atom is 0.180 e. The molecule has 3 aromatic heterocycles. The summed E-state index contributed by atoms with van der Waals surface area (Å²) in [6.45, 7) is 2.41. The van der Waals surface area contributed by atoms with Crippen LogP contribution in [0.25, 0.3) is 5.65 Å². The van der Waals surface area contributed by atoms with Crippen molar-refractivity contribution in [3.63, 3.8) is 0 Å². The minimum absolute atomic E-state index is 0.521. The van der Waals surface area contributed by atoms with E-state index in [9.17, 15) is 0 Å². The van der Waals surface area contributed by atoms with Crippen LogP contribution in [0.1, 0.15) is 11.5 Å². The van der Waals surface area contributed by atoms with E-state index in [2.05, 4.69) is 36.4 Å². The molecule has 3 rings (SSSR count). The molecule has 0 spiro atoms. The highest BCUT2D eigenvalue weighted by Gasteiger charge is 2.07. The Morgan fingerprint density at radius 2 is 2.39 bits per heavy atom. The average molecular weight is 308 g/mol. The fourth-order valence-corrected chi connectivity index (χ4v) is 2.09. The molecule has 0 aliphatic rings. The summed E-state index contributed by atoms with van der Waals surface area (Å²) in [6, 6.07) is 1.88. The van der Waals surface area contributed by atoms with Crippen molar-refractivity contribution in [2.45, 2.75) is 13.5 Å². The monoisotopic (exact) mass is 307 g/mol. The van der Waals surface area contributed by atoms with E-state index in [0.717, 1.165) is 21.7 Å². The van der Waals surface area contributed by atoms with Crippen molar-refractivity contribution in [3.8, 4) is 0 Å². The van der Waals surface area contributed by atoms with Gasteiger partial charge in [0.1, 0.15) is 4.60 Å². The summed E-state index contributed by atoms with van der Waals surface area (Å²) in [7, 11) is 0. The first kappa shape index (κ1) is 11.2. The lowest BCUT2D eigenvalue weighted by molar-refractivity contribution is 0.384. The molecule has 3 heterocycles. The number of fused-ring (bicyclic) bond motifs is 1. The van der Waals surface area contributed by atoms with Crippen molar-refractivity contribution in [3.05, 3.63) is 40.7 Å². The number of nitrogens with one attached hydrogen (secondary N) is 1. The molecule has 0 radical (unpaired) electrons. The summed E-state index contributed by atoms with van der Waals surface area (Å²) in [5.41, 5.74) is 1.63. The van der Waals surface area contributed by atoms with E-state index >= 15 is 0 Å². The first-order valence-electron chi connectivity index (χ1n) is 5.37. The Morgan fingerprint density at radius 3 is 3.17 bits per heavy atom. The highest BCUT2D eigenvalue weighted by molar-refractivity contribution is 9.10. The van der Waals surface area contributed by atoms with Gasteiger partial charge in [0.25, 0.3) is 0 Å². The fourth-order valence-electron chi connectivity index (χ4n) is 1.69. The van der Waals surface area contributed by atoms with Gasteiger partial charge in [0.2, 0.25) is 0 Å². The lowest BCUT2D eigenvalue weighted by Crippen LogP contribution is -2.03. The normalized spacial score (nSPS) is 11.0. The lowest BCUT2D eigenvalue weighted by Gasteiger charge is -2.05. The van der Waals surface area contributed by atoms with Gasteiger partial charge >= 0.3 is 0 Å². The number of nitrogens with zero attached hydrogens (tertiary/aromatic N) is 4. The predicted molar refractivity (Wildman–Crippen MR) is 69.3 cm³/mol. The molecule has 0 aromatic carbocycles. The molecule has 1 N–H and O–H groups in total. The largest absolute Gasteiger partial charge is 0.360 e. The molecule has 6 nitrogen and oxygen atoms in total. The highest BCUT2D eigenvalue weighted by atomic mass is 79.9. The van der Waals surface area contributed by atoms with E-state index in [1.54, 1.807) is 6.20 Å². The number of rotatable bonds is 3. The van der Waals surface area contributed by atoms with Crippen molar-refractivity contribution < 1.29 is 4.52 Å². The molecule has 18 heavy (non-hydrogen) atoms. The standard InChI is InChI=1S/C11H10BrN5O/c1-7-4-8(18-16-7)5-14-10-11-13-2-3-17(11)6-9(12)15-10/h2-4,6H,5H2,1H3,(H,14,15). The van der Waals surface area contributed by atoms with Gasteiger partial charge in [-0.1, -0.05) is 5.16 Å². The lowest BCUT2D eigenvalue weighted by atomic mass is 10.4. The van der Waals surface area contributed by atoms with Crippen molar-refractivity contribution in [1.29, 1.82) is 0 Å². The van der Waals surface area contributed by atoms with Crippen LogP contribution in [0.3, 0.4) is 0 Å². The van der Waals surface area contributed by atoms with Gasteiger partial charge in [-0.25, -0.2) is 9.97 Å². The second-order valence-electron chi connectivity index (χ2n) is 3.86. The Balaban J connectivity index is 1.87. The molecule has 0 unspecified atom stereocenters. The van der Waals surface area contributed by atoms with Crippen molar-refractivity contribution in [2.24, 2.45) is 0 Å². The van der Waals surface area contributed by atoms with Crippen LogP contribution in [-0.2, 0) is 6.54 Å². The van der Waals surface area contributed by atoms with Crippen LogP contribution in [0.2, 0.25) is 0 Å². The van der Waals surface area contributed by atoms with Gasteiger partial charge in [-0.2, -0.15) is 0 Å². The maximum atomic E-state index is 5.13. The Bertz CT molecular complexity index is 690. The topological polar surface area (TPSA) is 68.2 Å². The molecular formula is C11H10BrN5O. The van der Waals surface area contributed by atoms with E-state index in [4.69, 9.17) is 4.52 Å². The van der Waals surface area contributed by atoms with Gasteiger partial charge in [-0.05, 0) is 22.9 Å². The number of hydrogen-bond acceptors (Lipinski definition) is 5. The second kappa shape index (κ2) is 4.41. The third kappa shape index (κ3) is 2.08. The molecule has 0 bridgehead atoms. The number of halogens is 1. The van der Waals surface area contributed by atoms with Crippen molar-refractivity contribution in [2.75, 3.05) is 5.32 Å². The summed E-state index contributed by atoms with van der Waals surface area (Å²) < 4.78 is 7.76. The maximum absolute atomic E-state index is 5.13. The molecule has 0 saturated heterocycles. The summed E-state index contributed by atoms with van der Waals surface area (Å²) in [5.74, 6) is 1.46. The molecule has 7 heteroatoms. The van der Waals surface area contributed by atoms with E-state index in [0.29, 0.717) is 12.4 Å². The van der Waals surface area contributed by atoms with Gasteiger partial charge in [-0.3, -0.25) is 0 Å². The summed E-state index contributed by atoms with van der Waals surface area (Å²) in [6.07, 6.45) is 5.45. The van der Waals surface area contributed by atoms with Crippen LogP contribution in [0, 0.1) is 6.92 Å². The third-order valence-electron chi connectivity index (χ3n) is 2.45.